The van der Waals surface area contributed by atoms with Crippen molar-refractivity contribution in [3.63, 3.8) is 0 Å². The minimum atomic E-state index is 0.236. The van der Waals surface area contributed by atoms with Crippen LogP contribution in [-0.4, -0.2) is 37.0 Å². The predicted molar refractivity (Wildman–Crippen MR) is 79.0 cm³/mol. The molecule has 2 saturated heterocycles. The summed E-state index contributed by atoms with van der Waals surface area (Å²) in [6.07, 6.45) is 5.85. The molecule has 0 aromatic heterocycles. The predicted octanol–water partition coefficient (Wildman–Crippen LogP) is 2.66. The summed E-state index contributed by atoms with van der Waals surface area (Å²) in [4.78, 5) is 14.7. The standard InChI is InChI=1S/C16H30N2O/c1-16(2,3)14-7-5-10-18(11-8-14)15(19)13-6-4-9-17-12-13/h13-14,17H,4-12H2,1-3H3. The molecule has 3 heteroatoms. The van der Waals surface area contributed by atoms with Gasteiger partial charge < -0.3 is 10.2 Å². The van der Waals surface area contributed by atoms with Gasteiger partial charge in [-0.1, -0.05) is 20.8 Å². The van der Waals surface area contributed by atoms with Crippen molar-refractivity contribution in [1.82, 2.24) is 10.2 Å². The van der Waals surface area contributed by atoms with E-state index in [0.29, 0.717) is 11.3 Å². The fourth-order valence-electron chi connectivity index (χ4n) is 3.50. The Hall–Kier alpha value is -0.570. The smallest absolute Gasteiger partial charge is 0.226 e. The number of carbonyl (C=O) groups is 1. The van der Waals surface area contributed by atoms with E-state index >= 15 is 0 Å². The van der Waals surface area contributed by atoms with Crippen molar-refractivity contribution in [1.29, 1.82) is 0 Å². The molecular weight excluding hydrogens is 236 g/mol. The van der Waals surface area contributed by atoms with Gasteiger partial charge in [0.1, 0.15) is 0 Å². The van der Waals surface area contributed by atoms with Crippen LogP contribution in [0.25, 0.3) is 0 Å². The minimum Gasteiger partial charge on any atom is -0.342 e. The van der Waals surface area contributed by atoms with Crippen LogP contribution in [0.3, 0.4) is 0 Å². The summed E-state index contributed by atoms with van der Waals surface area (Å²) in [6.45, 7) is 10.9. The zero-order chi connectivity index (χ0) is 13.9. The Kier molecular flexibility index (Phi) is 4.88. The van der Waals surface area contributed by atoms with Gasteiger partial charge in [0.2, 0.25) is 5.91 Å². The highest BCUT2D eigenvalue weighted by molar-refractivity contribution is 5.79. The SMILES string of the molecule is CC(C)(C)C1CCCN(C(=O)C2CCCNC2)CC1. The molecule has 3 nitrogen and oxygen atoms in total. The quantitative estimate of drug-likeness (QED) is 0.791. The van der Waals surface area contributed by atoms with Crippen LogP contribution in [0.15, 0.2) is 0 Å². The fraction of sp³-hybridized carbons (Fsp3) is 0.938. The molecule has 1 N–H and O–H groups in total. The minimum absolute atomic E-state index is 0.236. The third kappa shape index (κ3) is 3.95. The maximum Gasteiger partial charge on any atom is 0.226 e. The van der Waals surface area contributed by atoms with E-state index in [2.05, 4.69) is 31.0 Å². The van der Waals surface area contributed by atoms with Crippen molar-refractivity contribution in [2.45, 2.75) is 52.9 Å². The molecule has 0 saturated carbocycles. The molecule has 2 fully saturated rings. The average Bonchev–Trinajstić information content (AvgIpc) is 2.64. The lowest BCUT2D eigenvalue weighted by Gasteiger charge is -2.31. The number of nitrogens with one attached hydrogen (secondary N) is 1. The van der Waals surface area contributed by atoms with E-state index in [1.165, 1.54) is 19.3 Å². The summed E-state index contributed by atoms with van der Waals surface area (Å²) >= 11 is 0. The van der Waals surface area contributed by atoms with Gasteiger partial charge in [-0.15, -0.1) is 0 Å². The van der Waals surface area contributed by atoms with Gasteiger partial charge >= 0.3 is 0 Å². The molecule has 2 atom stereocenters. The number of piperidine rings is 1. The van der Waals surface area contributed by atoms with Crippen LogP contribution < -0.4 is 5.32 Å². The van der Waals surface area contributed by atoms with Crippen LogP contribution in [0.2, 0.25) is 0 Å². The van der Waals surface area contributed by atoms with E-state index in [1.807, 2.05) is 0 Å². The third-order valence-corrected chi connectivity index (χ3v) is 4.91. The second kappa shape index (κ2) is 6.25. The number of likely N-dealkylation sites (tertiary alicyclic amines) is 1. The highest BCUT2D eigenvalue weighted by Gasteiger charge is 2.31. The van der Waals surface area contributed by atoms with E-state index in [1.54, 1.807) is 0 Å². The Morgan fingerprint density at radius 3 is 2.53 bits per heavy atom. The van der Waals surface area contributed by atoms with Crippen molar-refractivity contribution in [2.75, 3.05) is 26.2 Å². The van der Waals surface area contributed by atoms with Crippen LogP contribution in [0, 0.1) is 17.3 Å². The van der Waals surface area contributed by atoms with Gasteiger partial charge in [0.25, 0.3) is 0 Å². The Labute approximate surface area is 118 Å². The summed E-state index contributed by atoms with van der Waals surface area (Å²) in [6, 6.07) is 0. The van der Waals surface area contributed by atoms with Gasteiger partial charge in [0.15, 0.2) is 0 Å². The van der Waals surface area contributed by atoms with Crippen molar-refractivity contribution >= 4 is 5.91 Å². The van der Waals surface area contributed by atoms with Gasteiger partial charge in [-0.05, 0) is 50.0 Å². The zero-order valence-electron chi connectivity index (χ0n) is 12.9. The molecule has 0 radical (unpaired) electrons. The number of amides is 1. The topological polar surface area (TPSA) is 32.3 Å². The van der Waals surface area contributed by atoms with E-state index < -0.39 is 0 Å². The van der Waals surface area contributed by atoms with Crippen molar-refractivity contribution < 1.29 is 4.79 Å². The molecule has 2 unspecified atom stereocenters. The van der Waals surface area contributed by atoms with Crippen LogP contribution >= 0.6 is 0 Å². The van der Waals surface area contributed by atoms with Crippen LogP contribution in [-0.2, 0) is 4.79 Å². The maximum absolute atomic E-state index is 12.5. The van der Waals surface area contributed by atoms with Gasteiger partial charge in [-0.25, -0.2) is 0 Å². The van der Waals surface area contributed by atoms with Crippen LogP contribution in [0.5, 0.6) is 0 Å². The van der Waals surface area contributed by atoms with Crippen molar-refractivity contribution in [2.24, 2.45) is 17.3 Å². The summed E-state index contributed by atoms with van der Waals surface area (Å²) in [5, 5.41) is 3.36. The summed E-state index contributed by atoms with van der Waals surface area (Å²) in [5.41, 5.74) is 0.380. The van der Waals surface area contributed by atoms with Gasteiger partial charge in [0.05, 0.1) is 5.92 Å². The van der Waals surface area contributed by atoms with E-state index in [4.69, 9.17) is 0 Å². The maximum atomic E-state index is 12.5. The monoisotopic (exact) mass is 266 g/mol. The van der Waals surface area contributed by atoms with Crippen LogP contribution in [0.1, 0.15) is 52.9 Å². The first-order valence-electron chi connectivity index (χ1n) is 7.98. The van der Waals surface area contributed by atoms with E-state index in [9.17, 15) is 4.79 Å². The first-order chi connectivity index (χ1) is 8.98. The van der Waals surface area contributed by atoms with Gasteiger partial charge in [-0.2, -0.15) is 0 Å². The number of rotatable bonds is 1. The lowest BCUT2D eigenvalue weighted by atomic mass is 9.77. The number of nitrogens with zero attached hydrogens (tertiary/aromatic N) is 1. The molecule has 19 heavy (non-hydrogen) atoms. The number of hydrogen-bond donors (Lipinski definition) is 1. The lowest BCUT2D eigenvalue weighted by Crippen LogP contribution is -2.43. The molecule has 0 spiro atoms. The molecule has 2 rings (SSSR count). The molecule has 0 bridgehead atoms. The zero-order valence-corrected chi connectivity index (χ0v) is 12.9. The second-order valence-corrected chi connectivity index (χ2v) is 7.36. The normalized spacial score (nSPS) is 29.9. The van der Waals surface area contributed by atoms with Gasteiger partial charge in [-0.3, -0.25) is 4.79 Å². The van der Waals surface area contributed by atoms with Crippen molar-refractivity contribution in [3.8, 4) is 0 Å². The van der Waals surface area contributed by atoms with E-state index in [0.717, 1.165) is 44.9 Å². The Bertz CT molecular complexity index is 302. The first-order valence-corrected chi connectivity index (χ1v) is 7.98. The Balaban J connectivity index is 1.89. The van der Waals surface area contributed by atoms with Gasteiger partial charge in [0, 0.05) is 19.6 Å². The average molecular weight is 266 g/mol. The summed E-state index contributed by atoms with van der Waals surface area (Å²) < 4.78 is 0. The molecule has 110 valence electrons. The van der Waals surface area contributed by atoms with Crippen LogP contribution in [0.4, 0.5) is 0 Å². The molecule has 2 aliphatic rings. The largest absolute Gasteiger partial charge is 0.342 e. The number of hydrogen-bond acceptors (Lipinski definition) is 2. The fourth-order valence-corrected chi connectivity index (χ4v) is 3.50. The first kappa shape index (κ1) is 14.8. The second-order valence-electron chi connectivity index (χ2n) is 7.36. The molecule has 2 aliphatic heterocycles. The van der Waals surface area contributed by atoms with Crippen molar-refractivity contribution in [3.05, 3.63) is 0 Å². The van der Waals surface area contributed by atoms with E-state index in [-0.39, 0.29) is 5.92 Å². The Morgan fingerprint density at radius 1 is 1.11 bits per heavy atom. The third-order valence-electron chi connectivity index (χ3n) is 4.91. The number of carbonyl (C=O) groups excluding carboxylic acids is 1. The molecule has 0 aromatic rings. The highest BCUT2D eigenvalue weighted by Crippen LogP contribution is 2.34. The Morgan fingerprint density at radius 2 is 1.89 bits per heavy atom. The molecular formula is C16H30N2O. The summed E-state index contributed by atoms with van der Waals surface area (Å²) in [7, 11) is 0. The molecule has 0 aliphatic carbocycles. The lowest BCUT2D eigenvalue weighted by molar-refractivity contribution is -0.136. The molecule has 0 aromatic carbocycles. The highest BCUT2D eigenvalue weighted by atomic mass is 16.2. The summed E-state index contributed by atoms with van der Waals surface area (Å²) in [5.74, 6) is 1.40. The molecule has 1 amide bonds. The molecule has 2 heterocycles.